The lowest BCUT2D eigenvalue weighted by atomic mass is 10.1. The zero-order chi connectivity index (χ0) is 11.7. The molecule has 3 rings (SSSR count). The zero-order valence-corrected chi connectivity index (χ0v) is 9.17. The molecule has 2 aromatic rings. The molecule has 0 aliphatic carbocycles. The standard InChI is InChI=1S/C14H12O3/c15-11-6-7-12-13(9-11)17-14(16-12)8-10-4-2-1-3-5-10/h1-7,9,14-15H,8H2. The van der Waals surface area contributed by atoms with E-state index in [0.29, 0.717) is 17.9 Å². The van der Waals surface area contributed by atoms with E-state index in [1.807, 2.05) is 30.3 Å². The van der Waals surface area contributed by atoms with Crippen molar-refractivity contribution in [1.82, 2.24) is 0 Å². The van der Waals surface area contributed by atoms with Gasteiger partial charge in [0, 0.05) is 12.5 Å². The van der Waals surface area contributed by atoms with Crippen molar-refractivity contribution in [2.75, 3.05) is 0 Å². The second-order valence-electron chi connectivity index (χ2n) is 3.99. The van der Waals surface area contributed by atoms with E-state index in [2.05, 4.69) is 0 Å². The Balaban J connectivity index is 1.74. The van der Waals surface area contributed by atoms with Crippen molar-refractivity contribution < 1.29 is 14.6 Å². The van der Waals surface area contributed by atoms with E-state index in [9.17, 15) is 5.11 Å². The van der Waals surface area contributed by atoms with Gasteiger partial charge in [-0.15, -0.1) is 0 Å². The third-order valence-corrected chi connectivity index (χ3v) is 2.69. The van der Waals surface area contributed by atoms with Crippen molar-refractivity contribution in [1.29, 1.82) is 0 Å². The van der Waals surface area contributed by atoms with Gasteiger partial charge in [0.05, 0.1) is 0 Å². The predicted octanol–water partition coefficient (Wildman–Crippen LogP) is 2.73. The Hall–Kier alpha value is -2.16. The molecule has 86 valence electrons. The molecule has 2 aromatic carbocycles. The summed E-state index contributed by atoms with van der Waals surface area (Å²) >= 11 is 0. The van der Waals surface area contributed by atoms with Crippen LogP contribution in [0.2, 0.25) is 0 Å². The summed E-state index contributed by atoms with van der Waals surface area (Å²) in [4.78, 5) is 0. The molecule has 0 aromatic heterocycles. The minimum atomic E-state index is -0.311. The number of ether oxygens (including phenoxy) is 2. The second-order valence-corrected chi connectivity index (χ2v) is 3.99. The fourth-order valence-corrected chi connectivity index (χ4v) is 1.88. The summed E-state index contributed by atoms with van der Waals surface area (Å²) in [7, 11) is 0. The summed E-state index contributed by atoms with van der Waals surface area (Å²) in [5.74, 6) is 1.47. The van der Waals surface area contributed by atoms with Crippen LogP contribution < -0.4 is 9.47 Å². The lowest BCUT2D eigenvalue weighted by molar-refractivity contribution is 0.0502. The maximum atomic E-state index is 9.34. The van der Waals surface area contributed by atoms with Crippen LogP contribution in [0.1, 0.15) is 5.56 Å². The molecular weight excluding hydrogens is 216 g/mol. The molecule has 1 unspecified atom stereocenters. The Morgan fingerprint density at radius 3 is 2.53 bits per heavy atom. The SMILES string of the molecule is Oc1ccc2c(c1)OC(Cc1ccccc1)O2. The average Bonchev–Trinajstić information content (AvgIpc) is 2.71. The molecule has 3 nitrogen and oxygen atoms in total. The first-order valence-electron chi connectivity index (χ1n) is 5.51. The fourth-order valence-electron chi connectivity index (χ4n) is 1.88. The van der Waals surface area contributed by atoms with E-state index in [1.54, 1.807) is 18.2 Å². The summed E-state index contributed by atoms with van der Waals surface area (Å²) in [6.45, 7) is 0. The van der Waals surface area contributed by atoms with Crippen LogP contribution in [-0.4, -0.2) is 11.4 Å². The van der Waals surface area contributed by atoms with Crippen LogP contribution in [0.15, 0.2) is 48.5 Å². The summed E-state index contributed by atoms with van der Waals surface area (Å²) in [5, 5.41) is 9.34. The van der Waals surface area contributed by atoms with Gasteiger partial charge >= 0.3 is 0 Å². The van der Waals surface area contributed by atoms with Gasteiger partial charge in [0.15, 0.2) is 11.5 Å². The second kappa shape index (κ2) is 4.01. The lowest BCUT2D eigenvalue weighted by Gasteiger charge is -2.09. The Bertz CT molecular complexity index is 522. The van der Waals surface area contributed by atoms with E-state index >= 15 is 0 Å². The normalized spacial score (nSPS) is 17.1. The Labute approximate surface area is 99.2 Å². The van der Waals surface area contributed by atoms with E-state index in [4.69, 9.17) is 9.47 Å². The maximum Gasteiger partial charge on any atom is 0.245 e. The van der Waals surface area contributed by atoms with Gasteiger partial charge in [0.25, 0.3) is 0 Å². The van der Waals surface area contributed by atoms with Crippen molar-refractivity contribution in [2.24, 2.45) is 0 Å². The highest BCUT2D eigenvalue weighted by Crippen LogP contribution is 2.37. The average molecular weight is 228 g/mol. The molecule has 1 heterocycles. The number of rotatable bonds is 2. The van der Waals surface area contributed by atoms with Gasteiger partial charge in [0.2, 0.25) is 6.29 Å². The Kier molecular flexibility index (Phi) is 2.37. The van der Waals surface area contributed by atoms with Gasteiger partial charge in [0.1, 0.15) is 5.75 Å². The molecule has 1 N–H and O–H groups in total. The van der Waals surface area contributed by atoms with Crippen molar-refractivity contribution >= 4 is 0 Å². The first-order valence-corrected chi connectivity index (χ1v) is 5.51. The molecular formula is C14H12O3. The monoisotopic (exact) mass is 228 g/mol. The summed E-state index contributed by atoms with van der Waals surface area (Å²) < 4.78 is 11.2. The number of fused-ring (bicyclic) bond motifs is 1. The third-order valence-electron chi connectivity index (χ3n) is 2.69. The number of phenols is 1. The highest BCUT2D eigenvalue weighted by atomic mass is 16.7. The smallest absolute Gasteiger partial charge is 0.245 e. The molecule has 0 bridgehead atoms. The highest BCUT2D eigenvalue weighted by molar-refractivity contribution is 5.47. The molecule has 0 saturated heterocycles. The predicted molar refractivity (Wildman–Crippen MR) is 63.3 cm³/mol. The molecule has 17 heavy (non-hydrogen) atoms. The van der Waals surface area contributed by atoms with Crippen LogP contribution in [0.5, 0.6) is 17.2 Å². The molecule has 0 spiro atoms. The third kappa shape index (κ3) is 2.04. The Morgan fingerprint density at radius 2 is 1.71 bits per heavy atom. The number of benzene rings is 2. The van der Waals surface area contributed by atoms with Crippen molar-refractivity contribution in [3.8, 4) is 17.2 Å². The summed E-state index contributed by atoms with van der Waals surface area (Å²) in [5.41, 5.74) is 1.16. The van der Waals surface area contributed by atoms with Crippen LogP contribution in [0.4, 0.5) is 0 Å². The van der Waals surface area contributed by atoms with Crippen LogP contribution in [0.25, 0.3) is 0 Å². The lowest BCUT2D eigenvalue weighted by Crippen LogP contribution is -2.20. The van der Waals surface area contributed by atoms with Crippen LogP contribution >= 0.6 is 0 Å². The number of phenolic OH excluding ortho intramolecular Hbond substituents is 1. The molecule has 0 saturated carbocycles. The van der Waals surface area contributed by atoms with Crippen molar-refractivity contribution in [2.45, 2.75) is 12.7 Å². The van der Waals surface area contributed by atoms with Gasteiger partial charge in [-0.3, -0.25) is 0 Å². The quantitative estimate of drug-likeness (QED) is 0.858. The van der Waals surface area contributed by atoms with Gasteiger partial charge in [-0.1, -0.05) is 30.3 Å². The van der Waals surface area contributed by atoms with Crippen molar-refractivity contribution in [3.05, 3.63) is 54.1 Å². The van der Waals surface area contributed by atoms with E-state index < -0.39 is 0 Å². The molecule has 0 amide bonds. The zero-order valence-electron chi connectivity index (χ0n) is 9.17. The largest absolute Gasteiger partial charge is 0.508 e. The van der Waals surface area contributed by atoms with E-state index in [-0.39, 0.29) is 12.0 Å². The van der Waals surface area contributed by atoms with Crippen LogP contribution in [0, 0.1) is 0 Å². The first-order chi connectivity index (χ1) is 8.31. The minimum absolute atomic E-state index is 0.188. The van der Waals surface area contributed by atoms with Gasteiger partial charge in [-0.05, 0) is 17.7 Å². The fraction of sp³-hybridized carbons (Fsp3) is 0.143. The van der Waals surface area contributed by atoms with Crippen LogP contribution in [0.3, 0.4) is 0 Å². The summed E-state index contributed by atoms with van der Waals surface area (Å²) in [6, 6.07) is 14.9. The van der Waals surface area contributed by atoms with Gasteiger partial charge in [-0.25, -0.2) is 0 Å². The molecule has 1 aliphatic rings. The Morgan fingerprint density at radius 1 is 0.941 bits per heavy atom. The first kappa shape index (κ1) is 10.0. The summed E-state index contributed by atoms with van der Waals surface area (Å²) in [6.07, 6.45) is 0.380. The number of hydrogen-bond donors (Lipinski definition) is 1. The molecule has 1 aliphatic heterocycles. The molecule has 1 atom stereocenters. The molecule has 3 heteroatoms. The van der Waals surface area contributed by atoms with E-state index in [1.165, 1.54) is 0 Å². The highest BCUT2D eigenvalue weighted by Gasteiger charge is 2.24. The van der Waals surface area contributed by atoms with Gasteiger partial charge in [-0.2, -0.15) is 0 Å². The van der Waals surface area contributed by atoms with E-state index in [0.717, 1.165) is 5.56 Å². The molecule has 0 fully saturated rings. The van der Waals surface area contributed by atoms with Gasteiger partial charge < -0.3 is 14.6 Å². The minimum Gasteiger partial charge on any atom is -0.508 e. The maximum absolute atomic E-state index is 9.34. The molecule has 0 radical (unpaired) electrons. The topological polar surface area (TPSA) is 38.7 Å². The number of hydrogen-bond acceptors (Lipinski definition) is 3. The van der Waals surface area contributed by atoms with Crippen LogP contribution in [-0.2, 0) is 6.42 Å². The number of aromatic hydroxyl groups is 1. The van der Waals surface area contributed by atoms with Crippen molar-refractivity contribution in [3.63, 3.8) is 0 Å².